The number of carboxylic acids is 1. The van der Waals surface area contributed by atoms with Gasteiger partial charge in [-0.25, -0.2) is 9.78 Å². The first-order valence-electron chi connectivity index (χ1n) is 3.54. The number of carboxylic acid groups (broad SMARTS) is 1. The molecule has 0 saturated carbocycles. The number of imidazole rings is 1. The van der Waals surface area contributed by atoms with Crippen LogP contribution in [0.4, 0.5) is 0 Å². The molecule has 0 aromatic carbocycles. The minimum atomic E-state index is -0.943. The molecule has 0 atom stereocenters. The lowest BCUT2D eigenvalue weighted by atomic mass is 10.3. The normalized spacial score (nSPS) is 10.5. The third-order valence-electron chi connectivity index (χ3n) is 1.72. The van der Waals surface area contributed by atoms with E-state index in [4.69, 9.17) is 5.11 Å². The van der Waals surface area contributed by atoms with Crippen molar-refractivity contribution in [3.8, 4) is 0 Å². The van der Waals surface area contributed by atoms with Crippen LogP contribution in [-0.2, 0) is 0 Å². The molecule has 0 unspecified atom stereocenters. The van der Waals surface area contributed by atoms with Gasteiger partial charge >= 0.3 is 5.97 Å². The summed E-state index contributed by atoms with van der Waals surface area (Å²) in [6, 6.07) is 3.05. The second kappa shape index (κ2) is 2.85. The van der Waals surface area contributed by atoms with Crippen molar-refractivity contribution < 1.29 is 9.90 Å². The van der Waals surface area contributed by atoms with E-state index in [0.717, 1.165) is 4.60 Å². The molecule has 5 heteroatoms. The molecule has 0 radical (unpaired) electrons. The highest BCUT2D eigenvalue weighted by Gasteiger charge is 2.05. The highest BCUT2D eigenvalue weighted by Crippen LogP contribution is 2.13. The first-order valence-corrected chi connectivity index (χ1v) is 4.33. The lowest BCUT2D eigenvalue weighted by Crippen LogP contribution is -1.97. The van der Waals surface area contributed by atoms with Crippen molar-refractivity contribution in [2.45, 2.75) is 0 Å². The summed E-state index contributed by atoms with van der Waals surface area (Å²) in [5.41, 5.74) is 0.859. The number of aromatic carboxylic acids is 1. The molecular formula is C8H5BrN2O2. The van der Waals surface area contributed by atoms with E-state index >= 15 is 0 Å². The van der Waals surface area contributed by atoms with Crippen LogP contribution in [0.25, 0.3) is 5.65 Å². The van der Waals surface area contributed by atoms with Crippen molar-refractivity contribution in [2.24, 2.45) is 0 Å². The Morgan fingerprint density at radius 1 is 1.62 bits per heavy atom. The van der Waals surface area contributed by atoms with E-state index in [2.05, 4.69) is 20.9 Å². The molecule has 0 aliphatic carbocycles. The minimum Gasteiger partial charge on any atom is -0.478 e. The van der Waals surface area contributed by atoms with Gasteiger partial charge in [0.05, 0.1) is 11.8 Å². The summed E-state index contributed by atoms with van der Waals surface area (Å²) in [5.74, 6) is -0.943. The number of pyridine rings is 1. The standard InChI is InChI=1S/C8H5BrN2O2/c9-6-4-10-7-3-5(8(12)13)1-2-11(6)7/h1-4H,(H,12,13). The lowest BCUT2D eigenvalue weighted by molar-refractivity contribution is 0.0697. The van der Waals surface area contributed by atoms with Crippen LogP contribution < -0.4 is 0 Å². The maximum Gasteiger partial charge on any atom is 0.335 e. The van der Waals surface area contributed by atoms with Crippen LogP contribution in [0.15, 0.2) is 29.1 Å². The highest BCUT2D eigenvalue weighted by molar-refractivity contribution is 9.10. The number of halogens is 1. The van der Waals surface area contributed by atoms with Gasteiger partial charge in [0, 0.05) is 6.20 Å². The van der Waals surface area contributed by atoms with E-state index < -0.39 is 5.97 Å². The zero-order valence-corrected chi connectivity index (χ0v) is 8.02. The molecule has 0 bridgehead atoms. The van der Waals surface area contributed by atoms with Gasteiger partial charge in [0.15, 0.2) is 0 Å². The average molecular weight is 241 g/mol. The first-order chi connectivity index (χ1) is 6.18. The molecule has 0 spiro atoms. The van der Waals surface area contributed by atoms with Crippen molar-refractivity contribution in [1.82, 2.24) is 9.38 Å². The number of rotatable bonds is 1. The van der Waals surface area contributed by atoms with E-state index in [1.807, 2.05) is 0 Å². The number of nitrogens with zero attached hydrogens (tertiary/aromatic N) is 2. The predicted molar refractivity (Wildman–Crippen MR) is 49.9 cm³/mol. The second-order valence-electron chi connectivity index (χ2n) is 2.53. The maximum atomic E-state index is 10.6. The third kappa shape index (κ3) is 1.31. The molecule has 13 heavy (non-hydrogen) atoms. The fourth-order valence-corrected chi connectivity index (χ4v) is 1.48. The fraction of sp³-hybridized carbons (Fsp3) is 0. The van der Waals surface area contributed by atoms with Crippen LogP contribution in [0, 0.1) is 0 Å². The summed E-state index contributed by atoms with van der Waals surface area (Å²) in [6.45, 7) is 0. The Bertz CT molecular complexity index is 478. The quantitative estimate of drug-likeness (QED) is 0.828. The fourth-order valence-electron chi connectivity index (χ4n) is 1.08. The summed E-state index contributed by atoms with van der Waals surface area (Å²) in [6.07, 6.45) is 3.29. The summed E-state index contributed by atoms with van der Waals surface area (Å²) >= 11 is 3.28. The van der Waals surface area contributed by atoms with Crippen LogP contribution in [0.2, 0.25) is 0 Å². The van der Waals surface area contributed by atoms with Crippen molar-refractivity contribution in [3.05, 3.63) is 34.7 Å². The Morgan fingerprint density at radius 3 is 3.08 bits per heavy atom. The van der Waals surface area contributed by atoms with Gasteiger partial charge in [0.1, 0.15) is 10.3 Å². The monoisotopic (exact) mass is 240 g/mol. The number of aromatic nitrogens is 2. The Morgan fingerprint density at radius 2 is 2.38 bits per heavy atom. The van der Waals surface area contributed by atoms with Gasteiger partial charge in [-0.05, 0) is 28.1 Å². The van der Waals surface area contributed by atoms with E-state index in [1.165, 1.54) is 12.1 Å². The van der Waals surface area contributed by atoms with Gasteiger partial charge in [-0.15, -0.1) is 0 Å². The highest BCUT2D eigenvalue weighted by atomic mass is 79.9. The van der Waals surface area contributed by atoms with Gasteiger partial charge in [0.2, 0.25) is 0 Å². The van der Waals surface area contributed by atoms with E-state index in [1.54, 1.807) is 16.8 Å². The van der Waals surface area contributed by atoms with Gasteiger partial charge in [0.25, 0.3) is 0 Å². The maximum absolute atomic E-state index is 10.6. The molecule has 1 N–H and O–H groups in total. The summed E-state index contributed by atoms with van der Waals surface area (Å²) < 4.78 is 2.56. The largest absolute Gasteiger partial charge is 0.478 e. The molecule has 0 fully saturated rings. The number of fused-ring (bicyclic) bond motifs is 1. The van der Waals surface area contributed by atoms with Gasteiger partial charge in [-0.1, -0.05) is 0 Å². The topological polar surface area (TPSA) is 54.6 Å². The molecule has 2 rings (SSSR count). The van der Waals surface area contributed by atoms with Crippen molar-refractivity contribution in [1.29, 1.82) is 0 Å². The smallest absolute Gasteiger partial charge is 0.335 e. The predicted octanol–water partition coefficient (Wildman–Crippen LogP) is 1.80. The van der Waals surface area contributed by atoms with Crippen LogP contribution in [0.3, 0.4) is 0 Å². The van der Waals surface area contributed by atoms with Gasteiger partial charge < -0.3 is 5.11 Å². The molecule has 0 aliphatic heterocycles. The van der Waals surface area contributed by atoms with Crippen molar-refractivity contribution in [3.63, 3.8) is 0 Å². The number of hydrogen-bond acceptors (Lipinski definition) is 2. The van der Waals surface area contributed by atoms with E-state index in [-0.39, 0.29) is 5.56 Å². The molecule has 0 saturated heterocycles. The van der Waals surface area contributed by atoms with E-state index in [9.17, 15) is 4.79 Å². The summed E-state index contributed by atoms with van der Waals surface area (Å²) in [4.78, 5) is 14.6. The van der Waals surface area contributed by atoms with Crippen LogP contribution >= 0.6 is 15.9 Å². The van der Waals surface area contributed by atoms with Crippen molar-refractivity contribution >= 4 is 27.5 Å². The Balaban J connectivity index is 2.70. The third-order valence-corrected chi connectivity index (χ3v) is 2.30. The lowest BCUT2D eigenvalue weighted by Gasteiger charge is -1.96. The molecule has 0 amide bonds. The van der Waals surface area contributed by atoms with Crippen LogP contribution in [-0.4, -0.2) is 20.5 Å². The molecule has 2 aromatic heterocycles. The minimum absolute atomic E-state index is 0.241. The van der Waals surface area contributed by atoms with E-state index in [0.29, 0.717) is 5.65 Å². The molecule has 4 nitrogen and oxygen atoms in total. The SMILES string of the molecule is O=C(O)c1ccn2c(Br)cnc2c1. The van der Waals surface area contributed by atoms with Crippen molar-refractivity contribution in [2.75, 3.05) is 0 Å². The first kappa shape index (κ1) is 8.25. The average Bonchev–Trinajstić information content (AvgIpc) is 2.47. The molecule has 66 valence electrons. The van der Waals surface area contributed by atoms with Crippen LogP contribution in [0.5, 0.6) is 0 Å². The molecule has 2 aromatic rings. The Labute approximate surface area is 82.0 Å². The zero-order valence-electron chi connectivity index (χ0n) is 6.44. The number of carbonyl (C=O) groups is 1. The summed E-state index contributed by atoms with van der Waals surface area (Å²) in [5, 5.41) is 8.70. The Hall–Kier alpha value is -1.36. The van der Waals surface area contributed by atoms with Crippen LogP contribution in [0.1, 0.15) is 10.4 Å². The molecule has 2 heterocycles. The number of hydrogen-bond donors (Lipinski definition) is 1. The van der Waals surface area contributed by atoms with Gasteiger partial charge in [-0.2, -0.15) is 0 Å². The molecule has 0 aliphatic rings. The summed E-state index contributed by atoms with van der Waals surface area (Å²) in [7, 11) is 0. The zero-order chi connectivity index (χ0) is 9.42. The Kier molecular flexibility index (Phi) is 1.81. The van der Waals surface area contributed by atoms with Gasteiger partial charge in [-0.3, -0.25) is 4.40 Å². The second-order valence-corrected chi connectivity index (χ2v) is 3.34. The molecular weight excluding hydrogens is 236 g/mol.